The van der Waals surface area contributed by atoms with E-state index in [0.717, 1.165) is 5.57 Å². The molecule has 7 fully saturated rings. The molecule has 22 nitrogen and oxygen atoms in total. The number of hydrogen-bond donors (Lipinski definition) is 11. The van der Waals surface area contributed by atoms with Crippen molar-refractivity contribution in [1.82, 2.24) is 0 Å². The third-order valence-corrected chi connectivity index (χ3v) is 20.6. The lowest BCUT2D eigenvalue weighted by Crippen LogP contribution is -2.70. The highest BCUT2D eigenvalue weighted by Crippen LogP contribution is 2.76. The van der Waals surface area contributed by atoms with Gasteiger partial charge < -0.3 is 94.1 Å². The summed E-state index contributed by atoms with van der Waals surface area (Å²) in [7, 11) is 0. The summed E-state index contributed by atoms with van der Waals surface area (Å²) in [6.07, 6.45) is -19.1. The lowest BCUT2D eigenvalue weighted by atomic mass is 9.33. The Bertz CT molecular complexity index is 2200. The molecule has 0 aromatic rings. The molecule has 432 valence electrons. The van der Waals surface area contributed by atoms with Crippen molar-refractivity contribution in [3.63, 3.8) is 0 Å². The highest BCUT2D eigenvalue weighted by Gasteiger charge is 2.74. The van der Waals surface area contributed by atoms with E-state index in [9.17, 15) is 70.6 Å². The Morgan fingerprint density at radius 1 is 0.697 bits per heavy atom. The molecule has 3 saturated heterocycles. The van der Waals surface area contributed by atoms with Gasteiger partial charge in [-0.1, -0.05) is 59.3 Å². The smallest absolute Gasteiger partial charge is 0.333 e. The quantitative estimate of drug-likeness (QED) is 0.0513. The monoisotopic (exact) mass is 1080 g/mol. The number of carbonyl (C=O) groups excluding carboxylic acids is 2. The Labute approximate surface area is 443 Å². The number of esters is 2. The molecule has 76 heavy (non-hydrogen) atoms. The summed E-state index contributed by atoms with van der Waals surface area (Å²) < 4.78 is 48.5. The molecule has 3 aliphatic heterocycles. The zero-order valence-corrected chi connectivity index (χ0v) is 45.1. The lowest BCUT2D eigenvalue weighted by Gasteiger charge is -2.71. The number of aliphatic hydroxyl groups excluding tert-OH is 10. The van der Waals surface area contributed by atoms with Gasteiger partial charge in [0.1, 0.15) is 78.7 Å². The first-order chi connectivity index (χ1) is 35.6. The third kappa shape index (κ3) is 9.42. The van der Waals surface area contributed by atoms with Crippen LogP contribution in [0.25, 0.3) is 0 Å². The van der Waals surface area contributed by atoms with Crippen molar-refractivity contribution in [3.8, 4) is 0 Å². The Balaban J connectivity index is 1.08. The molecule has 0 aromatic heterocycles. The Morgan fingerprint density at radius 2 is 1.32 bits per heavy atom. The molecule has 0 amide bonds. The SMILES string of the molecule is C/C=C(/C)C(=O)OC1C(OC(C)=O)C(C)(C)CC2C3=CCC4C5(C)CCC(OC6OC(CO)C(O)C(O)C6OC6OCC(O)C(O)C6OC6OC(CO)C(O)C(O)C6O)C(C)(CO)C5CCC4(C)C3(C)CCC21C(=O)O. The summed E-state index contributed by atoms with van der Waals surface area (Å²) in [5.74, 6) is -3.13. The van der Waals surface area contributed by atoms with Gasteiger partial charge in [0, 0.05) is 29.2 Å². The number of fused-ring (bicyclic) bond motifs is 7. The maximum Gasteiger partial charge on any atom is 0.333 e. The molecule has 25 unspecified atom stereocenters. The van der Waals surface area contributed by atoms with Gasteiger partial charge in [-0.2, -0.15) is 0 Å². The molecule has 4 saturated carbocycles. The number of carbonyl (C=O) groups is 3. The summed E-state index contributed by atoms with van der Waals surface area (Å²) in [6, 6.07) is 0. The molecule has 0 bridgehead atoms. The molecule has 8 aliphatic rings. The van der Waals surface area contributed by atoms with Crippen molar-refractivity contribution in [2.24, 2.45) is 50.2 Å². The first kappa shape index (κ1) is 59.4. The van der Waals surface area contributed by atoms with E-state index in [1.165, 1.54) is 6.92 Å². The van der Waals surface area contributed by atoms with Crippen LogP contribution in [0, 0.1) is 50.2 Å². The van der Waals surface area contributed by atoms with E-state index in [1.54, 1.807) is 19.9 Å². The summed E-state index contributed by atoms with van der Waals surface area (Å²) >= 11 is 0. The van der Waals surface area contributed by atoms with Gasteiger partial charge in [0.15, 0.2) is 25.0 Å². The summed E-state index contributed by atoms with van der Waals surface area (Å²) in [6.45, 7) is 14.8. The fourth-order valence-corrected chi connectivity index (χ4v) is 15.9. The molecule has 5 aliphatic carbocycles. The minimum atomic E-state index is -1.92. The van der Waals surface area contributed by atoms with Gasteiger partial charge in [0.05, 0.1) is 32.5 Å². The van der Waals surface area contributed by atoms with Crippen LogP contribution in [0.5, 0.6) is 0 Å². The van der Waals surface area contributed by atoms with Crippen molar-refractivity contribution >= 4 is 17.9 Å². The number of hydrogen-bond acceptors (Lipinski definition) is 21. The van der Waals surface area contributed by atoms with Crippen LogP contribution in [-0.4, -0.2) is 205 Å². The van der Waals surface area contributed by atoms with E-state index < -0.39 is 180 Å². The molecule has 0 spiro atoms. The van der Waals surface area contributed by atoms with Crippen molar-refractivity contribution in [2.75, 3.05) is 26.4 Å². The highest BCUT2D eigenvalue weighted by atomic mass is 16.8. The maximum atomic E-state index is 14.1. The van der Waals surface area contributed by atoms with Crippen LogP contribution in [0.2, 0.25) is 0 Å². The average molecular weight is 1090 g/mol. The minimum Gasteiger partial charge on any atom is -0.481 e. The first-order valence-corrected chi connectivity index (χ1v) is 27.0. The first-order valence-electron chi connectivity index (χ1n) is 27.0. The van der Waals surface area contributed by atoms with Crippen LogP contribution < -0.4 is 0 Å². The van der Waals surface area contributed by atoms with Gasteiger partial charge in [0.2, 0.25) is 0 Å². The second-order valence-corrected chi connectivity index (χ2v) is 24.9. The van der Waals surface area contributed by atoms with Crippen molar-refractivity contribution in [1.29, 1.82) is 0 Å². The summed E-state index contributed by atoms with van der Waals surface area (Å²) in [5.41, 5.74) is -3.44. The number of ether oxygens (including phenoxy) is 8. The average Bonchev–Trinajstić information content (AvgIpc) is 3.57. The van der Waals surface area contributed by atoms with Crippen molar-refractivity contribution in [2.45, 2.75) is 218 Å². The molecule has 11 N–H and O–H groups in total. The topological polar surface area (TPSA) is 348 Å². The van der Waals surface area contributed by atoms with Gasteiger partial charge in [-0.3, -0.25) is 9.59 Å². The number of aliphatic hydroxyl groups is 10. The van der Waals surface area contributed by atoms with Crippen molar-refractivity contribution in [3.05, 3.63) is 23.3 Å². The molecule has 0 radical (unpaired) electrons. The van der Waals surface area contributed by atoms with Crippen molar-refractivity contribution < 1.29 is 108 Å². The zero-order valence-electron chi connectivity index (χ0n) is 45.1. The summed E-state index contributed by atoms with van der Waals surface area (Å²) in [5, 5.41) is 120. The number of rotatable bonds is 13. The molecule has 0 aromatic carbocycles. The standard InChI is InChI=1S/C54H84O22/c1-10-24(2)44(66)76-43-42(70-25(3)58)49(4,5)19-27-26-11-12-32-50(6)15-14-33(51(7,23-57)31(50)13-16-53(32,9)52(26,8)17-18-54(27,43)48(67)68)73-47-41(38(64)36(62)30(21-56)72-47)75-46-40(34(60)28(59)22-69-46)74-45-39(65)37(63)35(61)29(20-55)71-45/h10-11,27-43,45-47,55-57,59-65H,12-23H2,1-9H3,(H,67,68)/b24-10-. The normalized spacial score (nSPS) is 50.2. The van der Waals surface area contributed by atoms with E-state index in [4.69, 9.17) is 37.9 Å². The molecule has 22 heteroatoms. The van der Waals surface area contributed by atoms with Gasteiger partial charge in [-0.05, 0) is 93.3 Å². The van der Waals surface area contributed by atoms with Gasteiger partial charge >= 0.3 is 17.9 Å². The van der Waals surface area contributed by atoms with Crippen LogP contribution in [0.1, 0.15) is 114 Å². The van der Waals surface area contributed by atoms with Crippen LogP contribution in [0.4, 0.5) is 0 Å². The summed E-state index contributed by atoms with van der Waals surface area (Å²) in [4.78, 5) is 40.4. The van der Waals surface area contributed by atoms with E-state index >= 15 is 0 Å². The fraction of sp³-hybridized carbons (Fsp3) is 0.870. The zero-order chi connectivity index (χ0) is 56.0. The number of carboxylic acid groups (broad SMARTS) is 1. The van der Waals surface area contributed by atoms with Gasteiger partial charge in [-0.25, -0.2) is 4.79 Å². The van der Waals surface area contributed by atoms with E-state index in [-0.39, 0.29) is 24.9 Å². The number of carboxylic acids is 1. The van der Waals surface area contributed by atoms with Crippen LogP contribution in [0.3, 0.4) is 0 Å². The second-order valence-electron chi connectivity index (χ2n) is 24.9. The van der Waals surface area contributed by atoms with Crippen LogP contribution in [0.15, 0.2) is 23.3 Å². The predicted octanol–water partition coefficient (Wildman–Crippen LogP) is 0.347. The number of aliphatic carboxylic acids is 1. The van der Waals surface area contributed by atoms with Crippen LogP contribution in [-0.2, 0) is 52.3 Å². The van der Waals surface area contributed by atoms with E-state index in [0.29, 0.717) is 50.5 Å². The Morgan fingerprint density at radius 3 is 1.92 bits per heavy atom. The molecule has 25 atom stereocenters. The lowest BCUT2D eigenvalue weighted by molar-refractivity contribution is -0.390. The predicted molar refractivity (Wildman–Crippen MR) is 262 cm³/mol. The van der Waals surface area contributed by atoms with E-state index in [1.807, 2.05) is 20.8 Å². The molecule has 3 heterocycles. The van der Waals surface area contributed by atoms with Crippen LogP contribution >= 0.6 is 0 Å². The molecular formula is C54H84O22. The van der Waals surface area contributed by atoms with E-state index in [2.05, 4.69) is 26.8 Å². The highest BCUT2D eigenvalue weighted by molar-refractivity contribution is 5.88. The Hall–Kier alpha value is -2.75. The maximum absolute atomic E-state index is 14.1. The fourth-order valence-electron chi connectivity index (χ4n) is 15.9. The molecule has 8 rings (SSSR count). The van der Waals surface area contributed by atoms with Gasteiger partial charge in [-0.15, -0.1) is 0 Å². The Kier molecular flexibility index (Phi) is 16.9. The van der Waals surface area contributed by atoms with Gasteiger partial charge in [0.25, 0.3) is 0 Å². The minimum absolute atomic E-state index is 0.0247. The molecular weight excluding hydrogens is 1000 g/mol. The second kappa shape index (κ2) is 21.6. The number of allylic oxidation sites excluding steroid dienone is 3. The third-order valence-electron chi connectivity index (χ3n) is 20.6. The largest absolute Gasteiger partial charge is 0.481 e.